The number of aromatic nitrogens is 2. The predicted molar refractivity (Wildman–Crippen MR) is 157 cm³/mol. The molecule has 202 valence electrons. The van der Waals surface area contributed by atoms with Crippen LogP contribution in [0, 0.1) is 6.92 Å². The number of carbonyl (C=O) groups excluding carboxylic acids is 2. The summed E-state index contributed by atoms with van der Waals surface area (Å²) in [5.41, 5.74) is 4.25. The number of aliphatic hydroxyl groups is 1. The third-order valence-electron chi connectivity index (χ3n) is 6.86. The number of halogens is 1. The van der Waals surface area contributed by atoms with Crippen LogP contribution in [0.2, 0.25) is 5.02 Å². The van der Waals surface area contributed by atoms with E-state index in [1.807, 2.05) is 13.8 Å². The SMILES string of the molecule is Cc1ccc(CSc2nnc(N3C(=O)C(=O)/C(=C(/O)c4ccc5c(c4)CC(C)O5)C3c3cccc(Cl)c3)s2)cc1. The molecule has 7 nitrogen and oxygen atoms in total. The molecule has 0 bridgehead atoms. The summed E-state index contributed by atoms with van der Waals surface area (Å²) in [6.07, 6.45) is 0.718. The molecule has 1 amide bonds. The molecule has 0 aliphatic carbocycles. The molecule has 0 radical (unpaired) electrons. The van der Waals surface area contributed by atoms with Crippen molar-refractivity contribution in [2.24, 2.45) is 0 Å². The van der Waals surface area contributed by atoms with E-state index in [1.165, 1.54) is 33.6 Å². The number of ketones is 1. The second-order valence-corrected chi connectivity index (χ2v) is 12.4. The Hall–Kier alpha value is -3.66. The van der Waals surface area contributed by atoms with Crippen molar-refractivity contribution >= 4 is 57.3 Å². The zero-order valence-corrected chi connectivity index (χ0v) is 24.0. The summed E-state index contributed by atoms with van der Waals surface area (Å²) in [6, 6.07) is 19.5. The van der Waals surface area contributed by atoms with Crippen LogP contribution in [0.4, 0.5) is 5.13 Å². The highest BCUT2D eigenvalue weighted by Crippen LogP contribution is 2.45. The Bertz CT molecular complexity index is 1670. The van der Waals surface area contributed by atoms with Crippen LogP contribution in [0.3, 0.4) is 0 Å². The monoisotopic (exact) mass is 589 g/mol. The number of hydrogen-bond donors (Lipinski definition) is 1. The summed E-state index contributed by atoms with van der Waals surface area (Å²) in [5, 5.41) is 20.7. The van der Waals surface area contributed by atoms with Gasteiger partial charge in [-0.15, -0.1) is 10.2 Å². The van der Waals surface area contributed by atoms with Crippen molar-refractivity contribution in [3.8, 4) is 5.75 Å². The summed E-state index contributed by atoms with van der Waals surface area (Å²) < 4.78 is 6.44. The van der Waals surface area contributed by atoms with Gasteiger partial charge in [0.25, 0.3) is 5.78 Å². The molecule has 10 heteroatoms. The van der Waals surface area contributed by atoms with Crippen LogP contribution in [0.5, 0.6) is 5.75 Å². The van der Waals surface area contributed by atoms with E-state index >= 15 is 0 Å². The summed E-state index contributed by atoms with van der Waals surface area (Å²) in [7, 11) is 0. The molecule has 6 rings (SSSR count). The summed E-state index contributed by atoms with van der Waals surface area (Å²) in [5.74, 6) is -0.397. The Morgan fingerprint density at radius 3 is 2.70 bits per heavy atom. The first-order valence-electron chi connectivity index (χ1n) is 12.7. The second-order valence-electron chi connectivity index (χ2n) is 9.80. The number of amides is 1. The van der Waals surface area contributed by atoms with Gasteiger partial charge in [0, 0.05) is 22.8 Å². The lowest BCUT2D eigenvalue weighted by Crippen LogP contribution is -2.29. The normalized spacial score (nSPS) is 19.6. The molecule has 2 atom stereocenters. The fraction of sp³-hybridized carbons (Fsp3) is 0.200. The molecular weight excluding hydrogens is 566 g/mol. The van der Waals surface area contributed by atoms with Crippen molar-refractivity contribution in [1.82, 2.24) is 10.2 Å². The standard InChI is InChI=1S/C30H24ClN3O4S2/c1-16-6-8-18(9-7-16)15-39-30-33-32-29(40-30)34-25(19-4-3-5-22(31)14-19)24(27(36)28(34)37)26(35)20-10-11-23-21(13-20)12-17(2)38-23/h3-11,13-14,17,25,35H,12,15H2,1-2H3/b26-24+. The smallest absolute Gasteiger partial charge is 0.301 e. The molecular formula is C30H24ClN3O4S2. The largest absolute Gasteiger partial charge is 0.507 e. The van der Waals surface area contributed by atoms with Crippen LogP contribution in [0.25, 0.3) is 5.76 Å². The van der Waals surface area contributed by atoms with E-state index in [-0.39, 0.29) is 22.6 Å². The van der Waals surface area contributed by atoms with Gasteiger partial charge < -0.3 is 9.84 Å². The van der Waals surface area contributed by atoms with Crippen molar-refractivity contribution < 1.29 is 19.4 Å². The van der Waals surface area contributed by atoms with Crippen LogP contribution < -0.4 is 9.64 Å². The first kappa shape index (κ1) is 26.6. The maximum absolute atomic E-state index is 13.5. The Kier molecular flexibility index (Phi) is 7.12. The van der Waals surface area contributed by atoms with Gasteiger partial charge in [0.05, 0.1) is 11.6 Å². The molecule has 0 spiro atoms. The number of nitrogens with zero attached hydrogens (tertiary/aromatic N) is 3. The lowest BCUT2D eigenvalue weighted by atomic mass is 9.94. The van der Waals surface area contributed by atoms with Crippen molar-refractivity contribution in [1.29, 1.82) is 0 Å². The van der Waals surface area contributed by atoms with Gasteiger partial charge in [-0.2, -0.15) is 0 Å². The lowest BCUT2D eigenvalue weighted by molar-refractivity contribution is -0.132. The highest BCUT2D eigenvalue weighted by molar-refractivity contribution is 8.00. The minimum atomic E-state index is -0.926. The van der Waals surface area contributed by atoms with Gasteiger partial charge in [0.15, 0.2) is 4.34 Å². The fourth-order valence-electron chi connectivity index (χ4n) is 4.93. The molecule has 40 heavy (non-hydrogen) atoms. The average Bonchev–Trinajstić information content (AvgIpc) is 3.63. The lowest BCUT2D eigenvalue weighted by Gasteiger charge is -2.22. The molecule has 2 unspecified atom stereocenters. The third-order valence-corrected chi connectivity index (χ3v) is 9.23. The molecule has 4 aromatic rings. The average molecular weight is 590 g/mol. The minimum Gasteiger partial charge on any atom is -0.507 e. The number of carbonyl (C=O) groups is 2. The van der Waals surface area contributed by atoms with E-state index in [1.54, 1.807) is 42.5 Å². The van der Waals surface area contributed by atoms with Gasteiger partial charge in [-0.3, -0.25) is 14.5 Å². The van der Waals surface area contributed by atoms with E-state index in [2.05, 4.69) is 34.5 Å². The zero-order valence-electron chi connectivity index (χ0n) is 21.6. The summed E-state index contributed by atoms with van der Waals surface area (Å²) >= 11 is 9.05. The van der Waals surface area contributed by atoms with Gasteiger partial charge in [-0.25, -0.2) is 0 Å². The number of ether oxygens (including phenoxy) is 1. The molecule has 2 aliphatic rings. The van der Waals surface area contributed by atoms with Gasteiger partial charge >= 0.3 is 5.91 Å². The Morgan fingerprint density at radius 2 is 1.93 bits per heavy atom. The molecule has 3 heterocycles. The minimum absolute atomic E-state index is 0.0248. The van der Waals surface area contributed by atoms with E-state index < -0.39 is 17.7 Å². The first-order valence-corrected chi connectivity index (χ1v) is 14.8. The van der Waals surface area contributed by atoms with Gasteiger partial charge in [-0.1, -0.05) is 76.7 Å². The van der Waals surface area contributed by atoms with Crippen molar-refractivity contribution in [3.63, 3.8) is 0 Å². The van der Waals surface area contributed by atoms with E-state index in [0.29, 0.717) is 32.7 Å². The van der Waals surface area contributed by atoms with Crippen LogP contribution in [0.1, 0.15) is 40.8 Å². The maximum atomic E-state index is 13.5. The number of aryl methyl sites for hydroxylation is 1. The highest BCUT2D eigenvalue weighted by Gasteiger charge is 2.48. The van der Waals surface area contributed by atoms with E-state index in [4.69, 9.17) is 16.3 Å². The molecule has 2 aliphatic heterocycles. The molecule has 1 fully saturated rings. The van der Waals surface area contributed by atoms with Crippen LogP contribution >= 0.6 is 34.7 Å². The number of anilines is 1. The van der Waals surface area contributed by atoms with E-state index in [0.717, 1.165) is 16.9 Å². The maximum Gasteiger partial charge on any atom is 0.301 e. The third kappa shape index (κ3) is 5.00. The van der Waals surface area contributed by atoms with Crippen LogP contribution in [-0.4, -0.2) is 33.1 Å². The van der Waals surface area contributed by atoms with Gasteiger partial charge in [0.1, 0.15) is 17.6 Å². The van der Waals surface area contributed by atoms with Crippen LogP contribution in [-0.2, 0) is 21.8 Å². The van der Waals surface area contributed by atoms with E-state index in [9.17, 15) is 14.7 Å². The molecule has 1 saturated heterocycles. The molecule has 0 saturated carbocycles. The number of rotatable bonds is 6. The topological polar surface area (TPSA) is 92.6 Å². The van der Waals surface area contributed by atoms with Crippen molar-refractivity contribution in [2.75, 3.05) is 4.90 Å². The van der Waals surface area contributed by atoms with Crippen LogP contribution in [0.15, 0.2) is 76.6 Å². The quantitative estimate of drug-likeness (QED) is 0.0875. The molecule has 3 aromatic carbocycles. The highest BCUT2D eigenvalue weighted by atomic mass is 35.5. The predicted octanol–water partition coefficient (Wildman–Crippen LogP) is 6.74. The molecule has 1 N–H and O–H groups in total. The Morgan fingerprint density at radius 1 is 1.12 bits per heavy atom. The number of hydrogen-bond acceptors (Lipinski definition) is 8. The van der Waals surface area contributed by atoms with Crippen molar-refractivity contribution in [2.45, 2.75) is 42.5 Å². The summed E-state index contributed by atoms with van der Waals surface area (Å²) in [4.78, 5) is 28.3. The second kappa shape index (κ2) is 10.7. The number of aliphatic hydroxyl groups excluding tert-OH is 1. The number of thioether (sulfide) groups is 1. The summed E-state index contributed by atoms with van der Waals surface area (Å²) in [6.45, 7) is 4.01. The first-order chi connectivity index (χ1) is 19.3. The number of fused-ring (bicyclic) bond motifs is 1. The Balaban J connectivity index is 1.38. The van der Waals surface area contributed by atoms with Gasteiger partial charge in [0.2, 0.25) is 5.13 Å². The number of Topliss-reactive ketones (excluding diaryl/α,β-unsaturated/α-hetero) is 1. The van der Waals surface area contributed by atoms with Gasteiger partial charge in [-0.05, 0) is 60.9 Å². The fourth-order valence-corrected chi connectivity index (χ4v) is 6.96. The Labute approximate surface area is 244 Å². The molecule has 1 aromatic heterocycles. The zero-order chi connectivity index (χ0) is 28.0. The number of benzene rings is 3. The van der Waals surface area contributed by atoms with Crippen molar-refractivity contribution in [3.05, 3.63) is 105 Å².